The summed E-state index contributed by atoms with van der Waals surface area (Å²) in [6, 6.07) is -0.690. The third kappa shape index (κ3) is 5.19. The van der Waals surface area contributed by atoms with Crippen LogP contribution in [0.5, 0.6) is 0 Å². The van der Waals surface area contributed by atoms with E-state index < -0.39 is 12.0 Å². The van der Waals surface area contributed by atoms with Gasteiger partial charge in [0.15, 0.2) is 0 Å². The van der Waals surface area contributed by atoms with Gasteiger partial charge in [0.2, 0.25) is 11.8 Å². The number of amides is 2. The summed E-state index contributed by atoms with van der Waals surface area (Å²) >= 11 is 0. The largest absolute Gasteiger partial charge is 0.480 e. The molecule has 0 spiro atoms. The lowest BCUT2D eigenvalue weighted by Crippen LogP contribution is -2.47. The Hall–Kier alpha value is -1.59. The Morgan fingerprint density at radius 2 is 2.00 bits per heavy atom. The Kier molecular flexibility index (Phi) is 7.04. The van der Waals surface area contributed by atoms with Crippen LogP contribution in [0, 0.1) is 0 Å². The van der Waals surface area contributed by atoms with E-state index in [0.717, 1.165) is 19.3 Å². The van der Waals surface area contributed by atoms with Crippen molar-refractivity contribution in [2.45, 2.75) is 57.9 Å². The van der Waals surface area contributed by atoms with E-state index in [-0.39, 0.29) is 18.2 Å². The summed E-state index contributed by atoms with van der Waals surface area (Å²) in [5.41, 5.74) is 0. The minimum absolute atomic E-state index is 0.0481. The molecule has 6 nitrogen and oxygen atoms in total. The fourth-order valence-electron chi connectivity index (χ4n) is 2.38. The SMILES string of the molecule is CCCNC(=O)CCCC(=O)N1CCCCC1C(=O)O. The van der Waals surface area contributed by atoms with Crippen LogP contribution in [0.4, 0.5) is 0 Å². The van der Waals surface area contributed by atoms with Crippen molar-refractivity contribution in [1.29, 1.82) is 0 Å². The molecular formula is C14H24N2O4. The summed E-state index contributed by atoms with van der Waals surface area (Å²) in [6.07, 6.45) is 4.14. The number of piperidine rings is 1. The average Bonchev–Trinajstić information content (AvgIpc) is 2.44. The minimum Gasteiger partial charge on any atom is -0.480 e. The third-order valence-electron chi connectivity index (χ3n) is 3.47. The van der Waals surface area contributed by atoms with Crippen LogP contribution in [0.1, 0.15) is 51.9 Å². The van der Waals surface area contributed by atoms with Gasteiger partial charge in [-0.25, -0.2) is 4.79 Å². The van der Waals surface area contributed by atoms with E-state index in [4.69, 9.17) is 5.11 Å². The maximum Gasteiger partial charge on any atom is 0.326 e. The van der Waals surface area contributed by atoms with Crippen molar-refractivity contribution >= 4 is 17.8 Å². The summed E-state index contributed by atoms with van der Waals surface area (Å²) in [7, 11) is 0. The molecule has 1 saturated heterocycles. The van der Waals surface area contributed by atoms with Gasteiger partial charge >= 0.3 is 5.97 Å². The molecular weight excluding hydrogens is 260 g/mol. The molecule has 1 fully saturated rings. The number of likely N-dealkylation sites (tertiary alicyclic amines) is 1. The van der Waals surface area contributed by atoms with Gasteiger partial charge in [-0.05, 0) is 32.1 Å². The predicted molar refractivity (Wildman–Crippen MR) is 74.1 cm³/mol. The van der Waals surface area contributed by atoms with Crippen molar-refractivity contribution in [1.82, 2.24) is 10.2 Å². The van der Waals surface area contributed by atoms with Crippen LogP contribution < -0.4 is 5.32 Å². The highest BCUT2D eigenvalue weighted by Crippen LogP contribution is 2.18. The lowest BCUT2D eigenvalue weighted by molar-refractivity contribution is -0.152. The normalized spacial score (nSPS) is 18.6. The van der Waals surface area contributed by atoms with E-state index in [1.54, 1.807) is 0 Å². The summed E-state index contributed by atoms with van der Waals surface area (Å²) in [5, 5.41) is 11.9. The molecule has 1 atom stereocenters. The van der Waals surface area contributed by atoms with Gasteiger partial charge in [0.05, 0.1) is 0 Å². The number of carboxylic acids is 1. The Labute approximate surface area is 119 Å². The van der Waals surface area contributed by atoms with Crippen molar-refractivity contribution in [3.63, 3.8) is 0 Å². The molecule has 1 aliphatic heterocycles. The molecule has 2 amide bonds. The van der Waals surface area contributed by atoms with E-state index >= 15 is 0 Å². The van der Waals surface area contributed by atoms with E-state index in [0.29, 0.717) is 32.4 Å². The average molecular weight is 284 g/mol. The molecule has 0 radical (unpaired) electrons. The number of aliphatic carboxylic acids is 1. The highest BCUT2D eigenvalue weighted by molar-refractivity contribution is 5.84. The Balaban J connectivity index is 2.33. The topological polar surface area (TPSA) is 86.7 Å². The number of nitrogens with zero attached hydrogens (tertiary/aromatic N) is 1. The highest BCUT2D eigenvalue weighted by Gasteiger charge is 2.31. The maximum atomic E-state index is 12.0. The molecule has 6 heteroatoms. The number of hydrogen-bond donors (Lipinski definition) is 2. The number of carbonyl (C=O) groups is 3. The molecule has 1 aliphatic rings. The molecule has 1 unspecified atom stereocenters. The smallest absolute Gasteiger partial charge is 0.326 e. The van der Waals surface area contributed by atoms with Crippen LogP contribution in [0.3, 0.4) is 0 Å². The van der Waals surface area contributed by atoms with Crippen LogP contribution in [0.15, 0.2) is 0 Å². The Morgan fingerprint density at radius 3 is 2.65 bits per heavy atom. The van der Waals surface area contributed by atoms with Crippen LogP contribution in [0.2, 0.25) is 0 Å². The number of hydrogen-bond acceptors (Lipinski definition) is 3. The van der Waals surface area contributed by atoms with Crippen molar-refractivity contribution in [2.75, 3.05) is 13.1 Å². The van der Waals surface area contributed by atoms with E-state index in [9.17, 15) is 14.4 Å². The van der Waals surface area contributed by atoms with Gasteiger partial charge in [0.1, 0.15) is 6.04 Å². The van der Waals surface area contributed by atoms with Crippen molar-refractivity contribution in [3.05, 3.63) is 0 Å². The highest BCUT2D eigenvalue weighted by atomic mass is 16.4. The maximum absolute atomic E-state index is 12.0. The van der Waals surface area contributed by atoms with Crippen LogP contribution in [0.25, 0.3) is 0 Å². The van der Waals surface area contributed by atoms with Crippen LogP contribution in [-0.2, 0) is 14.4 Å². The zero-order valence-corrected chi connectivity index (χ0v) is 12.1. The van der Waals surface area contributed by atoms with E-state index in [2.05, 4.69) is 5.32 Å². The molecule has 0 aromatic carbocycles. The van der Waals surface area contributed by atoms with E-state index in [1.807, 2.05) is 6.92 Å². The molecule has 0 saturated carbocycles. The monoisotopic (exact) mass is 284 g/mol. The van der Waals surface area contributed by atoms with Gasteiger partial charge in [-0.1, -0.05) is 6.92 Å². The van der Waals surface area contributed by atoms with Gasteiger partial charge in [0, 0.05) is 25.9 Å². The first-order chi connectivity index (χ1) is 9.56. The van der Waals surface area contributed by atoms with Crippen LogP contribution >= 0.6 is 0 Å². The molecule has 1 rings (SSSR count). The fraction of sp³-hybridized carbons (Fsp3) is 0.786. The lowest BCUT2D eigenvalue weighted by atomic mass is 10.0. The van der Waals surface area contributed by atoms with Gasteiger partial charge in [-0.2, -0.15) is 0 Å². The van der Waals surface area contributed by atoms with E-state index in [1.165, 1.54) is 4.90 Å². The molecule has 0 bridgehead atoms. The first-order valence-electron chi connectivity index (χ1n) is 7.35. The molecule has 0 aromatic rings. The number of carbonyl (C=O) groups excluding carboxylic acids is 2. The number of nitrogens with one attached hydrogen (secondary N) is 1. The minimum atomic E-state index is -0.932. The third-order valence-corrected chi connectivity index (χ3v) is 3.47. The molecule has 2 N–H and O–H groups in total. The quantitative estimate of drug-likeness (QED) is 0.734. The summed E-state index contributed by atoms with van der Waals surface area (Å²) < 4.78 is 0. The Bertz CT molecular complexity index is 357. The zero-order chi connectivity index (χ0) is 15.0. The van der Waals surface area contributed by atoms with Crippen molar-refractivity contribution in [3.8, 4) is 0 Å². The molecule has 0 aromatic heterocycles. The number of rotatable bonds is 7. The fourth-order valence-corrected chi connectivity index (χ4v) is 2.38. The summed E-state index contributed by atoms with van der Waals surface area (Å²) in [4.78, 5) is 36.0. The second-order valence-electron chi connectivity index (χ2n) is 5.14. The lowest BCUT2D eigenvalue weighted by Gasteiger charge is -2.33. The zero-order valence-electron chi connectivity index (χ0n) is 12.1. The van der Waals surface area contributed by atoms with Crippen LogP contribution in [-0.4, -0.2) is 46.9 Å². The standard InChI is InChI=1S/C14H24N2O4/c1-2-9-15-12(17)7-5-8-13(18)16-10-4-3-6-11(16)14(19)20/h11H,2-10H2,1H3,(H,15,17)(H,19,20). The van der Waals surface area contributed by atoms with Gasteiger partial charge < -0.3 is 15.3 Å². The predicted octanol–water partition coefficient (Wildman–Crippen LogP) is 1.15. The first kappa shape index (κ1) is 16.5. The first-order valence-corrected chi connectivity index (χ1v) is 7.35. The van der Waals surface area contributed by atoms with Crippen molar-refractivity contribution < 1.29 is 19.5 Å². The van der Waals surface area contributed by atoms with Gasteiger partial charge in [-0.3, -0.25) is 9.59 Å². The number of carboxylic acid groups (broad SMARTS) is 1. The van der Waals surface area contributed by atoms with Crippen molar-refractivity contribution in [2.24, 2.45) is 0 Å². The molecule has 114 valence electrons. The summed E-state index contributed by atoms with van der Waals surface area (Å²) in [6.45, 7) is 3.14. The Morgan fingerprint density at radius 1 is 1.25 bits per heavy atom. The van der Waals surface area contributed by atoms with Gasteiger partial charge in [0.25, 0.3) is 0 Å². The molecule has 1 heterocycles. The molecule has 0 aliphatic carbocycles. The molecule has 20 heavy (non-hydrogen) atoms. The second kappa shape index (κ2) is 8.55. The van der Waals surface area contributed by atoms with Gasteiger partial charge in [-0.15, -0.1) is 0 Å². The second-order valence-corrected chi connectivity index (χ2v) is 5.14. The summed E-state index contributed by atoms with van der Waals surface area (Å²) in [5.74, 6) is -1.13.